The maximum atomic E-state index is 13.4. The molecule has 4 nitrogen and oxygen atoms in total. The van der Waals surface area contributed by atoms with Crippen LogP contribution in [-0.4, -0.2) is 55.4 Å². The number of nitrogens with one attached hydrogen (secondary N) is 1. The molecule has 5 heteroatoms. The number of likely N-dealkylation sites (tertiary alicyclic amines) is 1. The Morgan fingerprint density at radius 3 is 2.81 bits per heavy atom. The van der Waals surface area contributed by atoms with Crippen LogP contribution in [0.15, 0.2) is 24.3 Å². The van der Waals surface area contributed by atoms with Crippen LogP contribution in [0.2, 0.25) is 0 Å². The van der Waals surface area contributed by atoms with Crippen molar-refractivity contribution < 1.29 is 14.2 Å². The molecule has 1 aliphatic rings. The lowest BCUT2D eigenvalue weighted by Gasteiger charge is -2.16. The van der Waals surface area contributed by atoms with Crippen LogP contribution in [-0.2, 0) is 11.3 Å². The van der Waals surface area contributed by atoms with E-state index in [1.165, 1.54) is 32.0 Å². The second-order valence-corrected chi connectivity index (χ2v) is 5.51. The Hall–Kier alpha value is -1.01. The highest BCUT2D eigenvalue weighted by Crippen LogP contribution is 2.07. The first-order valence-corrected chi connectivity index (χ1v) is 7.68. The van der Waals surface area contributed by atoms with Crippen molar-refractivity contribution in [1.29, 1.82) is 0 Å². The molecule has 0 amide bonds. The second kappa shape index (κ2) is 9.10. The molecule has 0 radical (unpaired) electrons. The molecule has 0 saturated carbocycles. The lowest BCUT2D eigenvalue weighted by Crippen LogP contribution is -2.35. The summed E-state index contributed by atoms with van der Waals surface area (Å²) in [5.74, 6) is -0.268. The zero-order chi connectivity index (χ0) is 14.9. The summed E-state index contributed by atoms with van der Waals surface area (Å²) in [5, 5.41) is 13.0. The molecule has 2 rings (SSSR count). The van der Waals surface area contributed by atoms with Crippen molar-refractivity contribution in [1.82, 2.24) is 10.2 Å². The third-order valence-electron chi connectivity index (χ3n) is 3.71. The maximum absolute atomic E-state index is 13.4. The molecule has 1 aromatic rings. The van der Waals surface area contributed by atoms with Crippen molar-refractivity contribution in [2.45, 2.75) is 25.6 Å². The topological polar surface area (TPSA) is 44.7 Å². The monoisotopic (exact) mass is 296 g/mol. The largest absolute Gasteiger partial charge is 0.389 e. The highest BCUT2D eigenvalue weighted by atomic mass is 19.1. The molecule has 0 aromatic heterocycles. The van der Waals surface area contributed by atoms with Crippen LogP contribution in [0.4, 0.5) is 4.39 Å². The number of ether oxygens (including phenoxy) is 1. The summed E-state index contributed by atoms with van der Waals surface area (Å²) in [6.45, 7) is 5.20. The van der Waals surface area contributed by atoms with E-state index in [2.05, 4.69) is 10.2 Å². The van der Waals surface area contributed by atoms with Crippen LogP contribution >= 0.6 is 0 Å². The zero-order valence-corrected chi connectivity index (χ0v) is 12.4. The lowest BCUT2D eigenvalue weighted by molar-refractivity contribution is 0.0278. The van der Waals surface area contributed by atoms with Crippen LogP contribution in [0.1, 0.15) is 18.4 Å². The third-order valence-corrected chi connectivity index (χ3v) is 3.71. The number of aliphatic hydroxyl groups excluding tert-OH is 1. The summed E-state index contributed by atoms with van der Waals surface area (Å²) in [7, 11) is 0. The van der Waals surface area contributed by atoms with Gasteiger partial charge in [0.1, 0.15) is 5.82 Å². The molecule has 1 atom stereocenters. The summed E-state index contributed by atoms with van der Waals surface area (Å²) in [4.78, 5) is 2.42. The van der Waals surface area contributed by atoms with E-state index in [9.17, 15) is 9.50 Å². The van der Waals surface area contributed by atoms with Gasteiger partial charge in [-0.3, -0.25) is 0 Å². The fourth-order valence-electron chi connectivity index (χ4n) is 2.49. The Morgan fingerprint density at radius 1 is 1.29 bits per heavy atom. The zero-order valence-electron chi connectivity index (χ0n) is 12.4. The van der Waals surface area contributed by atoms with E-state index in [4.69, 9.17) is 4.74 Å². The molecule has 0 spiro atoms. The van der Waals surface area contributed by atoms with E-state index in [-0.39, 0.29) is 19.0 Å². The average Bonchev–Trinajstić information content (AvgIpc) is 2.99. The van der Waals surface area contributed by atoms with E-state index in [0.717, 1.165) is 13.1 Å². The molecule has 118 valence electrons. The number of halogens is 1. The number of benzene rings is 1. The molecular weight excluding hydrogens is 271 g/mol. The van der Waals surface area contributed by atoms with E-state index >= 15 is 0 Å². The second-order valence-electron chi connectivity index (χ2n) is 5.51. The summed E-state index contributed by atoms with van der Waals surface area (Å²) in [6.07, 6.45) is 2.04. The average molecular weight is 296 g/mol. The Labute approximate surface area is 125 Å². The summed E-state index contributed by atoms with van der Waals surface area (Å²) in [5.41, 5.74) is 0.520. The van der Waals surface area contributed by atoms with E-state index in [1.807, 2.05) is 0 Å². The predicted molar refractivity (Wildman–Crippen MR) is 80.6 cm³/mol. The van der Waals surface area contributed by atoms with Crippen LogP contribution in [0, 0.1) is 5.82 Å². The van der Waals surface area contributed by atoms with Crippen LogP contribution < -0.4 is 5.32 Å². The number of nitrogens with zero attached hydrogens (tertiary/aromatic N) is 1. The molecular formula is C16H25FN2O2. The molecule has 1 fully saturated rings. The van der Waals surface area contributed by atoms with Crippen molar-refractivity contribution in [2.24, 2.45) is 0 Å². The first-order chi connectivity index (χ1) is 10.3. The Balaban J connectivity index is 1.51. The fraction of sp³-hybridized carbons (Fsp3) is 0.625. The molecule has 1 heterocycles. The minimum absolute atomic E-state index is 0.192. The smallest absolute Gasteiger partial charge is 0.128 e. The first kappa shape index (κ1) is 16.4. The maximum Gasteiger partial charge on any atom is 0.128 e. The van der Waals surface area contributed by atoms with Crippen LogP contribution in [0.3, 0.4) is 0 Å². The number of aliphatic hydroxyl groups is 1. The van der Waals surface area contributed by atoms with Crippen molar-refractivity contribution in [2.75, 3.05) is 39.3 Å². The van der Waals surface area contributed by atoms with Crippen molar-refractivity contribution in [3.63, 3.8) is 0 Å². The van der Waals surface area contributed by atoms with Gasteiger partial charge < -0.3 is 20.1 Å². The number of hydrogen-bond donors (Lipinski definition) is 2. The van der Waals surface area contributed by atoms with Gasteiger partial charge in [0.2, 0.25) is 0 Å². The van der Waals surface area contributed by atoms with Gasteiger partial charge in [-0.25, -0.2) is 4.39 Å². The lowest BCUT2D eigenvalue weighted by atomic mass is 10.2. The first-order valence-electron chi connectivity index (χ1n) is 7.68. The molecule has 1 aliphatic heterocycles. The van der Waals surface area contributed by atoms with Gasteiger partial charge in [-0.1, -0.05) is 18.2 Å². The highest BCUT2D eigenvalue weighted by molar-refractivity contribution is 5.16. The Kier molecular flexibility index (Phi) is 7.09. The normalized spacial score (nSPS) is 17.2. The summed E-state index contributed by atoms with van der Waals surface area (Å²) >= 11 is 0. The summed E-state index contributed by atoms with van der Waals surface area (Å²) < 4.78 is 18.7. The molecule has 1 saturated heterocycles. The van der Waals surface area contributed by atoms with Gasteiger partial charge in [0.05, 0.1) is 19.3 Å². The van der Waals surface area contributed by atoms with Gasteiger partial charge in [-0.2, -0.15) is 0 Å². The van der Waals surface area contributed by atoms with Crippen molar-refractivity contribution >= 4 is 0 Å². The van der Waals surface area contributed by atoms with E-state index in [0.29, 0.717) is 12.1 Å². The standard InChI is InChI=1S/C16H25FN2O2/c17-16-6-2-1-5-14(16)12-21-13-15(20)11-18-7-10-19-8-3-4-9-19/h1-2,5-6,15,18,20H,3-4,7-13H2. The molecule has 1 unspecified atom stereocenters. The van der Waals surface area contributed by atoms with Gasteiger partial charge >= 0.3 is 0 Å². The van der Waals surface area contributed by atoms with Crippen LogP contribution in [0.5, 0.6) is 0 Å². The summed E-state index contributed by atoms with van der Waals surface area (Å²) in [6, 6.07) is 6.53. The van der Waals surface area contributed by atoms with Crippen molar-refractivity contribution in [3.8, 4) is 0 Å². The fourth-order valence-corrected chi connectivity index (χ4v) is 2.49. The predicted octanol–water partition coefficient (Wildman–Crippen LogP) is 1.39. The molecule has 1 aromatic carbocycles. The SMILES string of the molecule is OC(CNCCN1CCCC1)COCc1ccccc1F. The third kappa shape index (κ3) is 6.09. The van der Waals surface area contributed by atoms with Gasteiger partial charge in [0.25, 0.3) is 0 Å². The number of hydrogen-bond acceptors (Lipinski definition) is 4. The highest BCUT2D eigenvalue weighted by Gasteiger charge is 2.11. The molecule has 2 N–H and O–H groups in total. The van der Waals surface area contributed by atoms with Crippen LogP contribution in [0.25, 0.3) is 0 Å². The van der Waals surface area contributed by atoms with E-state index in [1.54, 1.807) is 18.2 Å². The van der Waals surface area contributed by atoms with E-state index < -0.39 is 6.10 Å². The van der Waals surface area contributed by atoms with Gasteiger partial charge in [0.15, 0.2) is 0 Å². The minimum Gasteiger partial charge on any atom is -0.389 e. The number of rotatable bonds is 9. The molecule has 21 heavy (non-hydrogen) atoms. The molecule has 0 aliphatic carbocycles. The quantitative estimate of drug-likeness (QED) is 0.676. The van der Waals surface area contributed by atoms with Gasteiger partial charge in [-0.15, -0.1) is 0 Å². The minimum atomic E-state index is -0.560. The van der Waals surface area contributed by atoms with Gasteiger partial charge in [-0.05, 0) is 32.0 Å². The molecule has 0 bridgehead atoms. The van der Waals surface area contributed by atoms with Crippen molar-refractivity contribution in [3.05, 3.63) is 35.6 Å². The Bertz CT molecular complexity index is 411. The Morgan fingerprint density at radius 2 is 2.05 bits per heavy atom. The van der Waals surface area contributed by atoms with Gasteiger partial charge in [0, 0.05) is 25.2 Å².